The number of halogens is 1. The number of aromatic amines is 1. The van der Waals surface area contributed by atoms with E-state index in [1.165, 1.54) is 0 Å². The van der Waals surface area contributed by atoms with E-state index in [-0.39, 0.29) is 22.4 Å². The summed E-state index contributed by atoms with van der Waals surface area (Å²) in [6.07, 6.45) is 1.15. The molecular formula is C19H23ClN3O4S+. The van der Waals surface area contributed by atoms with Crippen LogP contribution in [0.5, 0.6) is 0 Å². The summed E-state index contributed by atoms with van der Waals surface area (Å²) in [5.74, 6) is -1.06. The van der Waals surface area contributed by atoms with Gasteiger partial charge in [0.2, 0.25) is 0 Å². The van der Waals surface area contributed by atoms with Crippen LogP contribution >= 0.6 is 11.6 Å². The largest absolute Gasteiger partial charge is 0.477 e. The fourth-order valence-corrected chi connectivity index (χ4v) is 4.82. The van der Waals surface area contributed by atoms with E-state index in [1.54, 1.807) is 18.2 Å². The van der Waals surface area contributed by atoms with Gasteiger partial charge in [0.15, 0.2) is 16.9 Å². The van der Waals surface area contributed by atoms with Gasteiger partial charge in [-0.1, -0.05) is 37.6 Å². The molecule has 28 heavy (non-hydrogen) atoms. The van der Waals surface area contributed by atoms with Crippen molar-refractivity contribution in [1.29, 1.82) is 0 Å². The molecule has 0 aliphatic carbocycles. The zero-order valence-electron chi connectivity index (χ0n) is 16.4. The summed E-state index contributed by atoms with van der Waals surface area (Å²) in [6.45, 7) is 4.10. The summed E-state index contributed by atoms with van der Waals surface area (Å²) in [7, 11) is 0.565. The Hall–Kier alpha value is -2.32. The van der Waals surface area contributed by atoms with Gasteiger partial charge in [-0.3, -0.25) is 0 Å². The summed E-state index contributed by atoms with van der Waals surface area (Å²) >= 11 is 6.33. The molecule has 9 heteroatoms. The minimum atomic E-state index is -3.23. The number of nitrogens with zero attached hydrogens (tertiary/aromatic N) is 2. The molecule has 0 amide bonds. The Balaban J connectivity index is 2.31. The molecule has 0 bridgehead atoms. The second kappa shape index (κ2) is 6.93. The maximum Gasteiger partial charge on any atom is 0.353 e. The van der Waals surface area contributed by atoms with Gasteiger partial charge in [0.25, 0.3) is 5.52 Å². The summed E-state index contributed by atoms with van der Waals surface area (Å²) in [5.41, 5.74) is 4.22. The molecular weight excluding hydrogens is 402 g/mol. The van der Waals surface area contributed by atoms with Gasteiger partial charge in [0.1, 0.15) is 16.9 Å². The van der Waals surface area contributed by atoms with Gasteiger partial charge in [0, 0.05) is 17.2 Å². The molecule has 0 aliphatic rings. The molecule has 0 fully saturated rings. The first kappa shape index (κ1) is 20.4. The normalized spacial score (nSPS) is 12.2. The van der Waals surface area contributed by atoms with Crippen LogP contribution in [-0.2, 0) is 29.7 Å². The van der Waals surface area contributed by atoms with Crippen molar-refractivity contribution >= 4 is 38.4 Å². The minimum absolute atomic E-state index is 0.0787. The van der Waals surface area contributed by atoms with E-state index in [9.17, 15) is 18.3 Å². The second-order valence-corrected chi connectivity index (χ2v) is 9.91. The van der Waals surface area contributed by atoms with Crippen LogP contribution in [0.2, 0.25) is 5.02 Å². The molecule has 0 unspecified atom stereocenters. The Kier molecular flexibility index (Phi) is 5.05. The monoisotopic (exact) mass is 424 g/mol. The Morgan fingerprint density at radius 1 is 1.36 bits per heavy atom. The van der Waals surface area contributed by atoms with Crippen LogP contribution in [0.15, 0.2) is 18.2 Å². The maximum atomic E-state index is 11.9. The quantitative estimate of drug-likeness (QED) is 0.615. The molecule has 1 aromatic carbocycles. The molecule has 2 heterocycles. The zero-order valence-corrected chi connectivity index (χ0v) is 17.9. The van der Waals surface area contributed by atoms with Crippen LogP contribution in [0.1, 0.15) is 41.5 Å². The SMILES string of the molecule is CC(C)c1c2[nH]c(C(=O)O)c(-c3ccc(CS(C)(=O)=O)c(Cl)c3)c2[n+](C)n1C. The number of aromatic carboxylic acids is 1. The number of nitrogens with one attached hydrogen (secondary N) is 1. The van der Waals surface area contributed by atoms with E-state index >= 15 is 0 Å². The second-order valence-electron chi connectivity index (χ2n) is 7.37. The Labute approximate surface area is 168 Å². The third-order valence-electron chi connectivity index (χ3n) is 4.87. The van der Waals surface area contributed by atoms with E-state index < -0.39 is 15.8 Å². The fourth-order valence-electron chi connectivity index (χ4n) is 3.68. The number of aromatic nitrogens is 3. The predicted octanol–water partition coefficient (Wildman–Crippen LogP) is 3.02. The average molecular weight is 425 g/mol. The first-order chi connectivity index (χ1) is 12.9. The first-order valence-electron chi connectivity index (χ1n) is 8.72. The number of benzene rings is 1. The number of carboxylic acid groups (broad SMARTS) is 1. The highest BCUT2D eigenvalue weighted by molar-refractivity contribution is 7.89. The standard InChI is InChI=1S/C19H22ClN3O4S/c1-10(2)17-16-18(23(4)22(17)3)14(15(21-16)19(24)25)11-6-7-12(13(20)8-11)9-28(5,26)27/h6-8,10H,9H2,1-5H3,(H,24,25)/p+1. The van der Waals surface area contributed by atoms with Crippen molar-refractivity contribution in [3.05, 3.63) is 40.2 Å². The van der Waals surface area contributed by atoms with Crippen LogP contribution in [0.4, 0.5) is 0 Å². The third kappa shape index (κ3) is 3.42. The molecule has 0 saturated heterocycles. The molecule has 0 saturated carbocycles. The lowest BCUT2D eigenvalue weighted by Crippen LogP contribution is -2.38. The van der Waals surface area contributed by atoms with E-state index in [2.05, 4.69) is 4.98 Å². The summed E-state index contributed by atoms with van der Waals surface area (Å²) < 4.78 is 27.1. The van der Waals surface area contributed by atoms with Crippen LogP contribution in [0, 0.1) is 0 Å². The van der Waals surface area contributed by atoms with Crippen molar-refractivity contribution in [1.82, 2.24) is 9.67 Å². The van der Waals surface area contributed by atoms with Gasteiger partial charge < -0.3 is 10.1 Å². The summed E-state index contributed by atoms with van der Waals surface area (Å²) in [6, 6.07) is 4.97. The van der Waals surface area contributed by atoms with Gasteiger partial charge in [-0.15, -0.1) is 4.68 Å². The zero-order chi connectivity index (χ0) is 21.0. The van der Waals surface area contributed by atoms with Crippen molar-refractivity contribution in [2.75, 3.05) is 6.26 Å². The van der Waals surface area contributed by atoms with Gasteiger partial charge in [-0.25, -0.2) is 13.2 Å². The van der Waals surface area contributed by atoms with Crippen molar-refractivity contribution in [3.63, 3.8) is 0 Å². The Bertz CT molecular complexity index is 1210. The lowest BCUT2D eigenvalue weighted by atomic mass is 10.0. The van der Waals surface area contributed by atoms with Crippen LogP contribution in [0.25, 0.3) is 22.2 Å². The van der Waals surface area contributed by atoms with E-state index in [1.807, 2.05) is 37.3 Å². The van der Waals surface area contributed by atoms with Crippen molar-refractivity contribution in [3.8, 4) is 11.1 Å². The Morgan fingerprint density at radius 3 is 2.50 bits per heavy atom. The number of carboxylic acids is 1. The van der Waals surface area contributed by atoms with Crippen LogP contribution < -0.4 is 4.68 Å². The van der Waals surface area contributed by atoms with Crippen molar-refractivity contribution < 1.29 is 23.0 Å². The molecule has 150 valence electrons. The van der Waals surface area contributed by atoms with Gasteiger partial charge >= 0.3 is 5.97 Å². The summed E-state index contributed by atoms with van der Waals surface area (Å²) in [4.78, 5) is 15.0. The van der Waals surface area contributed by atoms with E-state index in [0.717, 1.165) is 23.0 Å². The fraction of sp³-hybridized carbons (Fsp3) is 0.368. The van der Waals surface area contributed by atoms with Gasteiger partial charge in [-0.05, 0) is 17.2 Å². The number of fused-ring (bicyclic) bond motifs is 1. The topological polar surface area (TPSA) is 96.0 Å². The van der Waals surface area contributed by atoms with Crippen molar-refractivity contribution in [2.24, 2.45) is 14.1 Å². The summed E-state index contributed by atoms with van der Waals surface area (Å²) in [5, 5.41) is 10.0. The van der Waals surface area contributed by atoms with Crippen LogP contribution in [-0.4, -0.2) is 35.4 Å². The lowest BCUT2D eigenvalue weighted by molar-refractivity contribution is -0.728. The van der Waals surface area contributed by atoms with Gasteiger partial charge in [0.05, 0.1) is 18.4 Å². The maximum absolute atomic E-state index is 11.9. The smallest absolute Gasteiger partial charge is 0.353 e. The molecule has 3 rings (SSSR count). The molecule has 0 aliphatic heterocycles. The highest BCUT2D eigenvalue weighted by Crippen LogP contribution is 2.36. The molecule has 3 aromatic rings. The number of aryl methyl sites for hydroxylation is 1. The minimum Gasteiger partial charge on any atom is -0.477 e. The van der Waals surface area contributed by atoms with E-state index in [0.29, 0.717) is 16.7 Å². The molecule has 0 radical (unpaired) electrons. The number of rotatable bonds is 5. The van der Waals surface area contributed by atoms with Crippen LogP contribution in [0.3, 0.4) is 0 Å². The number of H-pyrrole nitrogens is 1. The van der Waals surface area contributed by atoms with Crippen molar-refractivity contribution in [2.45, 2.75) is 25.5 Å². The number of sulfone groups is 1. The number of hydrogen-bond donors (Lipinski definition) is 2. The number of hydrogen-bond acceptors (Lipinski definition) is 3. The highest BCUT2D eigenvalue weighted by Gasteiger charge is 2.32. The Morgan fingerprint density at radius 2 is 2.00 bits per heavy atom. The molecule has 7 nitrogen and oxygen atoms in total. The first-order valence-corrected chi connectivity index (χ1v) is 11.2. The van der Waals surface area contributed by atoms with E-state index in [4.69, 9.17) is 11.6 Å². The molecule has 2 aromatic heterocycles. The lowest BCUT2D eigenvalue weighted by Gasteiger charge is -2.07. The number of carbonyl (C=O) groups is 1. The van der Waals surface area contributed by atoms with Gasteiger partial charge in [-0.2, -0.15) is 4.68 Å². The highest BCUT2D eigenvalue weighted by atomic mass is 35.5. The average Bonchev–Trinajstić information content (AvgIpc) is 3.04. The predicted molar refractivity (Wildman–Crippen MR) is 108 cm³/mol. The molecule has 0 spiro atoms. The molecule has 2 N–H and O–H groups in total. The third-order valence-corrected chi connectivity index (χ3v) is 6.06. The molecule has 0 atom stereocenters.